The first-order valence-corrected chi connectivity index (χ1v) is 11.7. The smallest absolute Gasteiger partial charge is 0.295 e. The number of amides is 1. The van der Waals surface area contributed by atoms with Gasteiger partial charge in [-0.1, -0.05) is 12.1 Å². The van der Waals surface area contributed by atoms with E-state index in [2.05, 4.69) is 0 Å². The van der Waals surface area contributed by atoms with Crippen molar-refractivity contribution in [2.45, 2.75) is 39.3 Å². The highest BCUT2D eigenvalue weighted by atomic mass is 16.5. The number of benzene rings is 2. The van der Waals surface area contributed by atoms with E-state index in [0.29, 0.717) is 36.6 Å². The molecule has 0 aromatic heterocycles. The molecule has 7 nitrogen and oxygen atoms in total. The average Bonchev–Trinajstić information content (AvgIpc) is 3.04. The average molecular weight is 467 g/mol. The first-order chi connectivity index (χ1) is 16.2. The predicted octanol–water partition coefficient (Wildman–Crippen LogP) is 4.25. The monoisotopic (exact) mass is 466 g/mol. The normalized spacial score (nSPS) is 17.6. The van der Waals surface area contributed by atoms with Crippen LogP contribution in [0.2, 0.25) is 0 Å². The Kier molecular flexibility index (Phi) is 8.34. The number of carbonyl (C=O) groups excluding carboxylic acids is 2. The molecule has 1 fully saturated rings. The topological polar surface area (TPSA) is 79.3 Å². The van der Waals surface area contributed by atoms with Crippen LogP contribution in [-0.4, -0.2) is 66.5 Å². The number of Topliss-reactive ketones (excluding diaryl/α,β-unsaturated/α-hetero) is 1. The molecule has 0 spiro atoms. The molecule has 1 aliphatic heterocycles. The molecule has 2 aromatic rings. The maximum Gasteiger partial charge on any atom is 0.295 e. The van der Waals surface area contributed by atoms with Gasteiger partial charge in [0.15, 0.2) is 0 Å². The van der Waals surface area contributed by atoms with Crippen molar-refractivity contribution in [1.29, 1.82) is 0 Å². The summed E-state index contributed by atoms with van der Waals surface area (Å²) in [5.74, 6) is -0.0955. The second-order valence-corrected chi connectivity index (χ2v) is 8.84. The Morgan fingerprint density at radius 3 is 2.21 bits per heavy atom. The van der Waals surface area contributed by atoms with Crippen LogP contribution in [0.25, 0.3) is 5.76 Å². The molecular formula is C27H34N2O5. The molecule has 2 aromatic carbocycles. The van der Waals surface area contributed by atoms with Crippen LogP contribution in [0.3, 0.4) is 0 Å². The van der Waals surface area contributed by atoms with Gasteiger partial charge in [-0.15, -0.1) is 0 Å². The molecule has 0 unspecified atom stereocenters. The number of ether oxygens (including phenoxy) is 2. The van der Waals surface area contributed by atoms with Crippen molar-refractivity contribution in [2.75, 3.05) is 33.8 Å². The fraction of sp³-hybridized carbons (Fsp3) is 0.407. The third-order valence-corrected chi connectivity index (χ3v) is 5.55. The molecule has 0 aliphatic carbocycles. The summed E-state index contributed by atoms with van der Waals surface area (Å²) in [6, 6.07) is 13.5. The molecule has 182 valence electrons. The zero-order chi connectivity index (χ0) is 24.8. The Morgan fingerprint density at radius 1 is 1.03 bits per heavy atom. The van der Waals surface area contributed by atoms with Gasteiger partial charge < -0.3 is 24.4 Å². The van der Waals surface area contributed by atoms with Crippen molar-refractivity contribution in [3.63, 3.8) is 0 Å². The first-order valence-electron chi connectivity index (χ1n) is 11.7. The van der Waals surface area contributed by atoms with Crippen LogP contribution >= 0.6 is 0 Å². The van der Waals surface area contributed by atoms with Crippen molar-refractivity contribution in [3.05, 3.63) is 65.2 Å². The van der Waals surface area contributed by atoms with Crippen LogP contribution in [0.15, 0.2) is 54.1 Å². The fourth-order valence-corrected chi connectivity index (χ4v) is 4.05. The standard InChI is InChI=1S/C27H34N2O5/c1-6-33-21-12-10-20(11-13-21)25(30)23-24(19-8-14-22(15-9-19)34-18(2)3)29(27(32)26(23)31)17-7-16-28(4)5/h8-15,18,24,30H,6-7,16-17H2,1-5H3/t24-/m1/s1. The molecule has 3 rings (SSSR count). The summed E-state index contributed by atoms with van der Waals surface area (Å²) >= 11 is 0. The number of likely N-dealkylation sites (tertiary alicyclic amines) is 1. The van der Waals surface area contributed by atoms with E-state index in [1.807, 2.05) is 64.0 Å². The van der Waals surface area contributed by atoms with Gasteiger partial charge in [-0.25, -0.2) is 0 Å². The van der Waals surface area contributed by atoms with Crippen LogP contribution in [0.4, 0.5) is 0 Å². The highest BCUT2D eigenvalue weighted by Gasteiger charge is 2.45. The molecule has 1 aliphatic rings. The Morgan fingerprint density at radius 2 is 1.65 bits per heavy atom. The minimum atomic E-state index is -0.679. The number of ketones is 1. The van der Waals surface area contributed by atoms with Crippen molar-refractivity contribution < 1.29 is 24.2 Å². The van der Waals surface area contributed by atoms with Gasteiger partial charge in [0.05, 0.1) is 24.3 Å². The van der Waals surface area contributed by atoms with E-state index >= 15 is 0 Å². The summed E-state index contributed by atoms with van der Waals surface area (Å²) < 4.78 is 11.2. The van der Waals surface area contributed by atoms with Crippen LogP contribution in [0, 0.1) is 0 Å². The van der Waals surface area contributed by atoms with Crippen LogP contribution in [0.5, 0.6) is 11.5 Å². The summed E-state index contributed by atoms with van der Waals surface area (Å²) in [5, 5.41) is 11.2. The Labute approximate surface area is 201 Å². The van der Waals surface area contributed by atoms with E-state index in [-0.39, 0.29) is 17.4 Å². The third kappa shape index (κ3) is 5.78. The summed E-state index contributed by atoms with van der Waals surface area (Å²) in [6.45, 7) is 7.49. The lowest BCUT2D eigenvalue weighted by atomic mass is 9.95. The van der Waals surface area contributed by atoms with Crippen LogP contribution in [0.1, 0.15) is 44.4 Å². The quantitative estimate of drug-likeness (QED) is 0.320. The minimum absolute atomic E-state index is 0.0298. The van der Waals surface area contributed by atoms with Gasteiger partial charge in [-0.05, 0) is 89.8 Å². The van der Waals surface area contributed by atoms with Crippen molar-refractivity contribution in [3.8, 4) is 11.5 Å². The van der Waals surface area contributed by atoms with E-state index in [0.717, 1.165) is 12.1 Å². The van der Waals surface area contributed by atoms with E-state index in [1.165, 1.54) is 0 Å². The molecule has 0 radical (unpaired) electrons. The zero-order valence-corrected chi connectivity index (χ0v) is 20.6. The lowest BCUT2D eigenvalue weighted by molar-refractivity contribution is -0.139. The zero-order valence-electron chi connectivity index (χ0n) is 20.6. The Hall–Kier alpha value is -3.32. The molecule has 1 atom stereocenters. The predicted molar refractivity (Wildman–Crippen MR) is 132 cm³/mol. The number of rotatable bonds is 10. The maximum atomic E-state index is 13.1. The van der Waals surface area contributed by atoms with Crippen molar-refractivity contribution in [2.24, 2.45) is 0 Å². The Balaban J connectivity index is 2.03. The number of nitrogens with zero attached hydrogens (tertiary/aromatic N) is 2. The lowest BCUT2D eigenvalue weighted by Gasteiger charge is -2.26. The third-order valence-electron chi connectivity index (χ3n) is 5.55. The van der Waals surface area contributed by atoms with Gasteiger partial charge in [0.2, 0.25) is 0 Å². The van der Waals surface area contributed by atoms with Gasteiger partial charge >= 0.3 is 0 Å². The summed E-state index contributed by atoms with van der Waals surface area (Å²) in [7, 11) is 3.93. The van der Waals surface area contributed by atoms with Crippen LogP contribution in [-0.2, 0) is 9.59 Å². The lowest BCUT2D eigenvalue weighted by Crippen LogP contribution is -2.32. The molecule has 0 bridgehead atoms. The fourth-order valence-electron chi connectivity index (χ4n) is 4.05. The molecule has 0 saturated carbocycles. The molecule has 1 heterocycles. The SMILES string of the molecule is CCOc1ccc(C(O)=C2C(=O)C(=O)N(CCCN(C)C)[C@@H]2c2ccc(OC(C)C)cc2)cc1. The van der Waals surface area contributed by atoms with Gasteiger partial charge in [0, 0.05) is 12.1 Å². The van der Waals surface area contributed by atoms with Gasteiger partial charge in [-0.2, -0.15) is 0 Å². The van der Waals surface area contributed by atoms with E-state index in [1.54, 1.807) is 29.2 Å². The number of aliphatic hydroxyl groups excluding tert-OH is 1. The summed E-state index contributed by atoms with van der Waals surface area (Å²) in [6.07, 6.45) is 0.732. The molecule has 34 heavy (non-hydrogen) atoms. The van der Waals surface area contributed by atoms with Gasteiger partial charge in [0.1, 0.15) is 17.3 Å². The minimum Gasteiger partial charge on any atom is -0.507 e. The van der Waals surface area contributed by atoms with E-state index < -0.39 is 17.7 Å². The second kappa shape index (κ2) is 11.2. The highest BCUT2D eigenvalue weighted by Crippen LogP contribution is 2.40. The van der Waals surface area contributed by atoms with E-state index in [9.17, 15) is 14.7 Å². The van der Waals surface area contributed by atoms with Crippen molar-refractivity contribution >= 4 is 17.4 Å². The second-order valence-electron chi connectivity index (χ2n) is 8.84. The van der Waals surface area contributed by atoms with Gasteiger partial charge in [0.25, 0.3) is 11.7 Å². The largest absolute Gasteiger partial charge is 0.507 e. The summed E-state index contributed by atoms with van der Waals surface area (Å²) in [5.41, 5.74) is 1.30. The molecule has 1 N–H and O–H groups in total. The van der Waals surface area contributed by atoms with E-state index in [4.69, 9.17) is 9.47 Å². The van der Waals surface area contributed by atoms with Crippen LogP contribution < -0.4 is 9.47 Å². The highest BCUT2D eigenvalue weighted by molar-refractivity contribution is 6.46. The number of aliphatic hydroxyl groups is 1. The first kappa shape index (κ1) is 25.3. The Bertz CT molecular complexity index is 1030. The van der Waals surface area contributed by atoms with Crippen molar-refractivity contribution in [1.82, 2.24) is 9.80 Å². The number of carbonyl (C=O) groups is 2. The van der Waals surface area contributed by atoms with Gasteiger partial charge in [-0.3, -0.25) is 9.59 Å². The maximum absolute atomic E-state index is 13.1. The molecular weight excluding hydrogens is 432 g/mol. The number of hydrogen-bond acceptors (Lipinski definition) is 6. The number of hydrogen-bond donors (Lipinski definition) is 1. The molecule has 1 amide bonds. The molecule has 1 saturated heterocycles. The molecule has 7 heteroatoms. The summed E-state index contributed by atoms with van der Waals surface area (Å²) in [4.78, 5) is 29.8.